The molecule has 1 heterocycles. The summed E-state index contributed by atoms with van der Waals surface area (Å²) in [7, 11) is 0. The number of hydrogen-bond donors (Lipinski definition) is 2. The zero-order valence-electron chi connectivity index (χ0n) is 11.8. The molecule has 4 heteroatoms. The van der Waals surface area contributed by atoms with Gasteiger partial charge in [-0.3, -0.25) is 4.79 Å². The van der Waals surface area contributed by atoms with Crippen molar-refractivity contribution in [2.75, 3.05) is 13.2 Å². The molecule has 1 fully saturated rings. The Morgan fingerprint density at radius 1 is 1.35 bits per heavy atom. The highest BCUT2D eigenvalue weighted by atomic mass is 16.5. The largest absolute Gasteiger partial charge is 0.376 e. The first kappa shape index (κ1) is 13.6. The summed E-state index contributed by atoms with van der Waals surface area (Å²) < 4.78 is 5.45. The predicted molar refractivity (Wildman–Crippen MR) is 77.5 cm³/mol. The van der Waals surface area contributed by atoms with E-state index < -0.39 is 0 Å². The van der Waals surface area contributed by atoms with E-state index in [1.807, 2.05) is 18.2 Å². The number of hydrogen-bond acceptors (Lipinski definition) is 3. The van der Waals surface area contributed by atoms with Crippen molar-refractivity contribution < 1.29 is 9.53 Å². The van der Waals surface area contributed by atoms with E-state index in [0.29, 0.717) is 19.8 Å². The summed E-state index contributed by atoms with van der Waals surface area (Å²) in [5, 5.41) is 3.20. The maximum Gasteiger partial charge on any atom is 0.252 e. The summed E-state index contributed by atoms with van der Waals surface area (Å²) in [4.78, 5) is 12.6. The van der Waals surface area contributed by atoms with Crippen LogP contribution in [0.4, 0.5) is 0 Å². The van der Waals surface area contributed by atoms with E-state index in [1.165, 1.54) is 0 Å². The van der Waals surface area contributed by atoms with Gasteiger partial charge in [0.2, 0.25) is 0 Å². The van der Waals surface area contributed by atoms with Crippen molar-refractivity contribution in [1.29, 1.82) is 0 Å². The van der Waals surface area contributed by atoms with E-state index in [9.17, 15) is 4.79 Å². The van der Waals surface area contributed by atoms with Gasteiger partial charge in [-0.1, -0.05) is 25.0 Å². The van der Waals surface area contributed by atoms with Gasteiger partial charge in [0.25, 0.3) is 5.91 Å². The van der Waals surface area contributed by atoms with Gasteiger partial charge in [0.15, 0.2) is 0 Å². The van der Waals surface area contributed by atoms with E-state index >= 15 is 0 Å². The molecule has 108 valence electrons. The van der Waals surface area contributed by atoms with Crippen LogP contribution in [0.3, 0.4) is 0 Å². The number of benzene rings is 1. The second-order valence-corrected chi connectivity index (χ2v) is 5.89. The summed E-state index contributed by atoms with van der Waals surface area (Å²) in [5.74, 6) is 0.0242. The standard InChI is InChI=1S/C16H22N2O2/c17-11-16(7-1-2-8-16)18-15(19)14-5-3-4-12-10-20-9-6-13(12)14/h3-5H,1-2,6-11,17H2,(H,18,19). The Morgan fingerprint density at radius 3 is 2.90 bits per heavy atom. The Labute approximate surface area is 119 Å². The minimum Gasteiger partial charge on any atom is -0.376 e. The second kappa shape index (κ2) is 5.54. The number of ether oxygens (including phenoxy) is 1. The van der Waals surface area contributed by atoms with Crippen molar-refractivity contribution in [3.8, 4) is 0 Å². The summed E-state index contributed by atoms with van der Waals surface area (Å²) in [5.41, 5.74) is 8.78. The molecule has 3 rings (SSSR count). The van der Waals surface area contributed by atoms with E-state index in [-0.39, 0.29) is 11.4 Å². The smallest absolute Gasteiger partial charge is 0.252 e. The Balaban J connectivity index is 1.84. The molecule has 0 spiro atoms. The molecule has 1 aliphatic heterocycles. The Bertz CT molecular complexity index is 507. The Kier molecular flexibility index (Phi) is 3.76. The summed E-state index contributed by atoms with van der Waals surface area (Å²) in [6.45, 7) is 1.83. The molecular formula is C16H22N2O2. The first-order valence-corrected chi connectivity index (χ1v) is 7.45. The van der Waals surface area contributed by atoms with Crippen molar-refractivity contribution in [3.63, 3.8) is 0 Å². The van der Waals surface area contributed by atoms with Crippen molar-refractivity contribution >= 4 is 5.91 Å². The highest BCUT2D eigenvalue weighted by Gasteiger charge is 2.34. The lowest BCUT2D eigenvalue weighted by molar-refractivity contribution is 0.0893. The molecule has 0 saturated heterocycles. The fourth-order valence-electron chi connectivity index (χ4n) is 3.37. The number of fused-ring (bicyclic) bond motifs is 1. The molecule has 0 unspecified atom stereocenters. The van der Waals surface area contributed by atoms with Crippen LogP contribution >= 0.6 is 0 Å². The van der Waals surface area contributed by atoms with Gasteiger partial charge >= 0.3 is 0 Å². The van der Waals surface area contributed by atoms with Gasteiger partial charge in [-0.2, -0.15) is 0 Å². The lowest BCUT2D eigenvalue weighted by Gasteiger charge is -2.29. The molecule has 1 aromatic carbocycles. The number of amides is 1. The minimum atomic E-state index is -0.190. The number of nitrogens with two attached hydrogens (primary N) is 1. The van der Waals surface area contributed by atoms with Crippen molar-refractivity contribution in [2.24, 2.45) is 5.73 Å². The molecule has 0 atom stereocenters. The van der Waals surface area contributed by atoms with Gasteiger partial charge in [-0.05, 0) is 36.5 Å². The molecule has 20 heavy (non-hydrogen) atoms. The molecule has 0 aromatic heterocycles. The van der Waals surface area contributed by atoms with Crippen LogP contribution in [-0.4, -0.2) is 24.6 Å². The number of carbonyl (C=O) groups excluding carboxylic acids is 1. The average Bonchev–Trinajstić information content (AvgIpc) is 2.95. The Morgan fingerprint density at radius 2 is 2.15 bits per heavy atom. The highest BCUT2D eigenvalue weighted by molar-refractivity contribution is 5.96. The summed E-state index contributed by atoms with van der Waals surface area (Å²) in [6.07, 6.45) is 5.10. The first-order valence-electron chi connectivity index (χ1n) is 7.45. The van der Waals surface area contributed by atoms with Crippen LogP contribution < -0.4 is 11.1 Å². The van der Waals surface area contributed by atoms with Crippen LogP contribution in [0, 0.1) is 0 Å². The van der Waals surface area contributed by atoms with Crippen LogP contribution in [0.25, 0.3) is 0 Å². The molecule has 3 N–H and O–H groups in total. The van der Waals surface area contributed by atoms with Gasteiger partial charge in [0.1, 0.15) is 0 Å². The molecule has 1 amide bonds. The second-order valence-electron chi connectivity index (χ2n) is 5.89. The fourth-order valence-corrected chi connectivity index (χ4v) is 3.37. The van der Waals surface area contributed by atoms with Crippen LogP contribution in [0.5, 0.6) is 0 Å². The summed E-state index contributed by atoms with van der Waals surface area (Å²) in [6, 6.07) is 5.89. The van der Waals surface area contributed by atoms with E-state index in [1.54, 1.807) is 0 Å². The van der Waals surface area contributed by atoms with E-state index in [4.69, 9.17) is 10.5 Å². The van der Waals surface area contributed by atoms with Crippen molar-refractivity contribution in [3.05, 3.63) is 34.9 Å². The third-order valence-electron chi connectivity index (χ3n) is 4.60. The first-order chi connectivity index (χ1) is 9.74. The van der Waals surface area contributed by atoms with Gasteiger partial charge in [0, 0.05) is 12.1 Å². The third-order valence-corrected chi connectivity index (χ3v) is 4.60. The SMILES string of the molecule is NCC1(NC(=O)c2cccc3c2CCOC3)CCCC1. The van der Waals surface area contributed by atoms with Gasteiger partial charge in [-0.15, -0.1) is 0 Å². The number of rotatable bonds is 3. The molecule has 2 aliphatic rings. The van der Waals surface area contributed by atoms with Gasteiger partial charge < -0.3 is 15.8 Å². The van der Waals surface area contributed by atoms with Crippen molar-refractivity contribution in [2.45, 2.75) is 44.2 Å². The van der Waals surface area contributed by atoms with Crippen molar-refractivity contribution in [1.82, 2.24) is 5.32 Å². The molecule has 1 saturated carbocycles. The van der Waals surface area contributed by atoms with E-state index in [2.05, 4.69) is 5.32 Å². The fraction of sp³-hybridized carbons (Fsp3) is 0.562. The Hall–Kier alpha value is -1.39. The lowest BCUT2D eigenvalue weighted by Crippen LogP contribution is -2.51. The van der Waals surface area contributed by atoms with Crippen LogP contribution in [0.1, 0.15) is 47.2 Å². The quantitative estimate of drug-likeness (QED) is 0.882. The normalized spacial score (nSPS) is 20.4. The zero-order chi connectivity index (χ0) is 14.0. The minimum absolute atomic E-state index is 0.0242. The van der Waals surface area contributed by atoms with Gasteiger partial charge in [-0.25, -0.2) is 0 Å². The number of carbonyl (C=O) groups is 1. The van der Waals surface area contributed by atoms with E-state index in [0.717, 1.165) is 48.8 Å². The molecular weight excluding hydrogens is 252 g/mol. The average molecular weight is 274 g/mol. The molecule has 0 radical (unpaired) electrons. The van der Waals surface area contributed by atoms with Crippen LogP contribution in [-0.2, 0) is 17.8 Å². The maximum atomic E-state index is 12.6. The van der Waals surface area contributed by atoms with Gasteiger partial charge in [0.05, 0.1) is 18.8 Å². The van der Waals surface area contributed by atoms with Crippen LogP contribution in [0.2, 0.25) is 0 Å². The predicted octanol–water partition coefficient (Wildman–Crippen LogP) is 1.76. The molecule has 0 bridgehead atoms. The third kappa shape index (κ3) is 2.45. The zero-order valence-corrected chi connectivity index (χ0v) is 11.8. The van der Waals surface area contributed by atoms with Crippen LogP contribution in [0.15, 0.2) is 18.2 Å². The molecule has 4 nitrogen and oxygen atoms in total. The number of nitrogens with one attached hydrogen (secondary N) is 1. The molecule has 1 aromatic rings. The molecule has 1 aliphatic carbocycles. The lowest BCUT2D eigenvalue weighted by atomic mass is 9.94. The summed E-state index contributed by atoms with van der Waals surface area (Å²) >= 11 is 0. The monoisotopic (exact) mass is 274 g/mol. The highest BCUT2D eigenvalue weighted by Crippen LogP contribution is 2.29. The maximum absolute atomic E-state index is 12.6. The topological polar surface area (TPSA) is 64.3 Å².